The summed E-state index contributed by atoms with van der Waals surface area (Å²) in [6, 6.07) is -0.0636. The summed E-state index contributed by atoms with van der Waals surface area (Å²) in [5.41, 5.74) is -3.83. The van der Waals surface area contributed by atoms with Gasteiger partial charge in [0.25, 0.3) is 0 Å². The Balaban J connectivity index is 1.66. The fraction of sp³-hybridized carbons (Fsp3) is 1.00. The predicted molar refractivity (Wildman–Crippen MR) is 120 cm³/mol. The lowest BCUT2D eigenvalue weighted by molar-refractivity contribution is -0.298. The summed E-state index contributed by atoms with van der Waals surface area (Å²) < 4.78 is 24.0. The second kappa shape index (κ2) is 7.36. The molecule has 0 unspecified atom stereocenters. The van der Waals surface area contributed by atoms with E-state index in [9.17, 15) is 20.4 Å². The lowest BCUT2D eigenvalue weighted by Crippen LogP contribution is -2.78. The van der Waals surface area contributed by atoms with Crippen LogP contribution in [-0.2, 0) is 18.9 Å². The molecule has 0 aromatic rings. The van der Waals surface area contributed by atoms with Crippen LogP contribution in [0.25, 0.3) is 0 Å². The van der Waals surface area contributed by atoms with Gasteiger partial charge in [-0.1, -0.05) is 6.92 Å². The van der Waals surface area contributed by atoms with Gasteiger partial charge in [0.15, 0.2) is 0 Å². The molecule has 6 rings (SSSR count). The van der Waals surface area contributed by atoms with Crippen LogP contribution in [-0.4, -0.2) is 121 Å². The van der Waals surface area contributed by atoms with Crippen LogP contribution in [0.2, 0.25) is 0 Å². The predicted octanol–water partition coefficient (Wildman–Crippen LogP) is -0.758. The van der Waals surface area contributed by atoms with Gasteiger partial charge in [-0.3, -0.25) is 4.90 Å². The van der Waals surface area contributed by atoms with E-state index in [-0.39, 0.29) is 42.4 Å². The molecule has 34 heavy (non-hydrogen) atoms. The highest BCUT2D eigenvalue weighted by Gasteiger charge is 2.89. The van der Waals surface area contributed by atoms with Gasteiger partial charge in [0, 0.05) is 82.5 Å². The third kappa shape index (κ3) is 2.26. The molecule has 9 nitrogen and oxygen atoms in total. The molecule has 6 fully saturated rings. The lowest BCUT2D eigenvalue weighted by Gasteiger charge is -2.70. The van der Waals surface area contributed by atoms with Crippen molar-refractivity contribution < 1.29 is 39.4 Å². The maximum atomic E-state index is 12.6. The Morgan fingerprint density at radius 1 is 0.912 bits per heavy atom. The average Bonchev–Trinajstić information content (AvgIpc) is 3.17. The van der Waals surface area contributed by atoms with Crippen LogP contribution in [0.1, 0.15) is 26.2 Å². The van der Waals surface area contributed by atoms with Gasteiger partial charge < -0.3 is 39.4 Å². The van der Waals surface area contributed by atoms with Crippen LogP contribution >= 0.6 is 0 Å². The third-order valence-corrected chi connectivity index (χ3v) is 11.6. The zero-order valence-electron chi connectivity index (χ0n) is 20.9. The first kappa shape index (κ1) is 24.0. The topological polar surface area (TPSA) is 121 Å². The number of aliphatic hydroxyl groups is 4. The Morgan fingerprint density at radius 3 is 2.21 bits per heavy atom. The summed E-state index contributed by atoms with van der Waals surface area (Å²) in [6.07, 6.45) is -2.06. The van der Waals surface area contributed by atoms with Crippen LogP contribution in [0.3, 0.4) is 0 Å². The van der Waals surface area contributed by atoms with Crippen LogP contribution in [0.5, 0.6) is 0 Å². The van der Waals surface area contributed by atoms with E-state index in [1.807, 2.05) is 0 Å². The fourth-order valence-electron chi connectivity index (χ4n) is 10.9. The number of hydrogen-bond donors (Lipinski definition) is 4. The van der Waals surface area contributed by atoms with Gasteiger partial charge >= 0.3 is 0 Å². The molecule has 1 heterocycles. The van der Waals surface area contributed by atoms with Gasteiger partial charge in [0.05, 0.1) is 42.7 Å². The molecule has 5 aliphatic carbocycles. The summed E-state index contributed by atoms with van der Waals surface area (Å²) in [6.45, 7) is 3.88. The molecule has 5 saturated carbocycles. The number of rotatable bonds is 6. The van der Waals surface area contributed by atoms with Crippen LogP contribution in [0, 0.1) is 34.5 Å². The molecule has 1 saturated heterocycles. The van der Waals surface area contributed by atoms with Crippen molar-refractivity contribution in [1.29, 1.82) is 0 Å². The smallest absolute Gasteiger partial charge is 0.117 e. The number of aliphatic hydroxyl groups excluding tert-OH is 2. The van der Waals surface area contributed by atoms with Gasteiger partial charge in [-0.15, -0.1) is 0 Å². The molecule has 194 valence electrons. The van der Waals surface area contributed by atoms with Crippen molar-refractivity contribution in [2.75, 3.05) is 48.1 Å². The molecule has 9 heteroatoms. The molecule has 0 aromatic carbocycles. The summed E-state index contributed by atoms with van der Waals surface area (Å²) in [5.74, 6) is -1.20. The van der Waals surface area contributed by atoms with Crippen LogP contribution in [0.4, 0.5) is 0 Å². The molecule has 0 radical (unpaired) electrons. The molecule has 6 aliphatic rings. The molecule has 1 aliphatic heterocycles. The van der Waals surface area contributed by atoms with E-state index in [1.165, 1.54) is 0 Å². The Bertz CT molecular complexity index is 846. The van der Waals surface area contributed by atoms with E-state index in [0.717, 1.165) is 6.54 Å². The second-order valence-electron chi connectivity index (χ2n) is 12.0. The number of hydrogen-bond acceptors (Lipinski definition) is 9. The van der Waals surface area contributed by atoms with Gasteiger partial charge in [-0.05, 0) is 18.9 Å². The molecule has 7 bridgehead atoms. The maximum Gasteiger partial charge on any atom is 0.117 e. The molecule has 0 amide bonds. The number of methoxy groups -OCH3 is 4. The van der Waals surface area contributed by atoms with E-state index in [4.69, 9.17) is 18.9 Å². The minimum absolute atomic E-state index is 0.0636. The lowest BCUT2D eigenvalue weighted by atomic mass is 9.42. The Kier molecular flexibility index (Phi) is 5.19. The zero-order chi connectivity index (χ0) is 24.4. The van der Waals surface area contributed by atoms with Crippen molar-refractivity contribution in [1.82, 2.24) is 4.90 Å². The monoisotopic (exact) mass is 483 g/mol. The van der Waals surface area contributed by atoms with E-state index < -0.39 is 46.3 Å². The molecule has 4 N–H and O–H groups in total. The fourth-order valence-corrected chi connectivity index (χ4v) is 10.9. The van der Waals surface area contributed by atoms with Crippen molar-refractivity contribution >= 4 is 0 Å². The minimum Gasteiger partial charge on any atom is -0.392 e. The van der Waals surface area contributed by atoms with E-state index in [1.54, 1.807) is 28.4 Å². The number of piperidine rings is 1. The molecule has 1 spiro atoms. The zero-order valence-corrected chi connectivity index (χ0v) is 20.9. The Labute approximate surface area is 201 Å². The first-order valence-corrected chi connectivity index (χ1v) is 12.8. The average molecular weight is 484 g/mol. The SMILES string of the molecule is CCN1C[C@@]2(COC)[C@H]3[C@@H](OC)[C@H]4[C@@H]1[C@]3([C@@H](OC)C[C@@H]2O)[C@H]1C[C@]2(O)[C@H](O)[C@H]1[C@@]4(O)C[C@H]2OC. The third-order valence-electron chi connectivity index (χ3n) is 11.6. The Hall–Kier alpha value is -0.360. The van der Waals surface area contributed by atoms with E-state index in [2.05, 4.69) is 11.8 Å². The first-order chi connectivity index (χ1) is 16.2. The van der Waals surface area contributed by atoms with Crippen molar-refractivity contribution in [2.24, 2.45) is 34.5 Å². The highest BCUT2D eigenvalue weighted by Crippen LogP contribution is 2.79. The molecule has 14 atom stereocenters. The van der Waals surface area contributed by atoms with Gasteiger partial charge in [0.1, 0.15) is 5.60 Å². The summed E-state index contributed by atoms with van der Waals surface area (Å²) in [7, 11) is 6.61. The second-order valence-corrected chi connectivity index (χ2v) is 12.0. The highest BCUT2D eigenvalue weighted by atomic mass is 16.5. The molecular formula is C25H41NO8. The Morgan fingerprint density at radius 2 is 1.62 bits per heavy atom. The van der Waals surface area contributed by atoms with Crippen molar-refractivity contribution in [3.05, 3.63) is 0 Å². The number of likely N-dealkylation sites (tertiary alicyclic amines) is 1. The summed E-state index contributed by atoms with van der Waals surface area (Å²) >= 11 is 0. The van der Waals surface area contributed by atoms with Gasteiger partial charge in [0.2, 0.25) is 0 Å². The number of nitrogens with zero attached hydrogens (tertiary/aromatic N) is 1. The molecular weight excluding hydrogens is 442 g/mol. The van der Waals surface area contributed by atoms with Crippen molar-refractivity contribution in [3.8, 4) is 0 Å². The maximum absolute atomic E-state index is 12.6. The molecule has 0 aromatic heterocycles. The number of ether oxygens (including phenoxy) is 4. The summed E-state index contributed by atoms with van der Waals surface area (Å²) in [4.78, 5) is 2.39. The quantitative estimate of drug-likeness (QED) is 0.386. The van der Waals surface area contributed by atoms with E-state index in [0.29, 0.717) is 26.0 Å². The van der Waals surface area contributed by atoms with Crippen molar-refractivity contribution in [3.63, 3.8) is 0 Å². The minimum atomic E-state index is -1.43. The largest absolute Gasteiger partial charge is 0.392 e. The highest BCUT2D eigenvalue weighted by molar-refractivity contribution is 5.38. The van der Waals surface area contributed by atoms with E-state index >= 15 is 0 Å². The van der Waals surface area contributed by atoms with Gasteiger partial charge in [-0.2, -0.15) is 0 Å². The first-order valence-electron chi connectivity index (χ1n) is 12.8. The van der Waals surface area contributed by atoms with Gasteiger partial charge in [-0.25, -0.2) is 0 Å². The standard InChI is InChI=1S/C25H41NO8/c1-6-26-10-22(11-31-2)13(27)7-14(32-3)25-12-8-23(29)15(33-4)9-24(30,16(12)21(23)28)17(20(25)26)18(34-5)19(22)25/h12-21,27-30H,6-11H2,1-5H3/t12-,13-,14-,15+,16-,17-,18-,19+,20+,21+,22-,23+,24-,25-/m0/s1. The van der Waals surface area contributed by atoms with Crippen LogP contribution < -0.4 is 0 Å². The number of fused-ring (bicyclic) bond motifs is 2. The normalized spacial score (nSPS) is 61.7. The van der Waals surface area contributed by atoms with Crippen LogP contribution in [0.15, 0.2) is 0 Å². The summed E-state index contributed by atoms with van der Waals surface area (Å²) in [5, 5.41) is 47.6. The van der Waals surface area contributed by atoms with Crippen molar-refractivity contribution in [2.45, 2.75) is 73.9 Å².